The van der Waals surface area contributed by atoms with Gasteiger partial charge in [0.05, 0.1) is 5.52 Å². The van der Waals surface area contributed by atoms with Crippen molar-refractivity contribution in [2.24, 2.45) is 0 Å². The summed E-state index contributed by atoms with van der Waals surface area (Å²) in [6.07, 6.45) is 2.38. The van der Waals surface area contributed by atoms with Crippen molar-refractivity contribution >= 4 is 73.1 Å². The van der Waals surface area contributed by atoms with E-state index in [2.05, 4.69) is 138 Å². The lowest BCUT2D eigenvalue weighted by atomic mass is 9.96. The number of H-pyrrole nitrogens is 1. The van der Waals surface area contributed by atoms with Gasteiger partial charge in [-0.15, -0.1) is 0 Å². The van der Waals surface area contributed by atoms with Crippen LogP contribution in [0.3, 0.4) is 0 Å². The summed E-state index contributed by atoms with van der Waals surface area (Å²) < 4.78 is 0. The zero-order valence-corrected chi connectivity index (χ0v) is 20.7. The molecule has 0 saturated heterocycles. The van der Waals surface area contributed by atoms with Gasteiger partial charge in [0, 0.05) is 21.7 Å². The van der Waals surface area contributed by atoms with Crippen LogP contribution in [0.4, 0.5) is 0 Å². The van der Waals surface area contributed by atoms with Crippen molar-refractivity contribution in [3.05, 3.63) is 133 Å². The maximum atomic E-state index is 3.88. The average Bonchev–Trinajstić information content (AvgIpc) is 3.54. The molecule has 7 aromatic rings. The third-order valence-electron chi connectivity index (χ3n) is 8.05. The first kappa shape index (κ1) is 19.9. The number of aromatic nitrogens is 1. The molecule has 0 atom stereocenters. The Labute approximate surface area is 210 Å². The Morgan fingerprint density at radius 1 is 0.472 bits per heavy atom. The highest BCUT2D eigenvalue weighted by atomic mass is 28.3. The molecule has 168 valence electrons. The molecule has 1 aliphatic heterocycles. The second-order valence-corrected chi connectivity index (χ2v) is 13.4. The van der Waals surface area contributed by atoms with Gasteiger partial charge in [0.1, 0.15) is 0 Å². The van der Waals surface area contributed by atoms with Gasteiger partial charge in [0.2, 0.25) is 0 Å². The highest BCUT2D eigenvalue weighted by Crippen LogP contribution is 2.40. The Kier molecular flexibility index (Phi) is 4.03. The number of nitrogens with one attached hydrogen (secondary N) is 1. The Morgan fingerprint density at radius 2 is 1.03 bits per heavy atom. The predicted octanol–water partition coefficient (Wildman–Crippen LogP) is 6.66. The molecule has 0 aliphatic carbocycles. The van der Waals surface area contributed by atoms with E-state index in [9.17, 15) is 0 Å². The fourth-order valence-electron chi connectivity index (χ4n) is 6.56. The normalized spacial score (nSPS) is 14.2. The first-order valence-electron chi connectivity index (χ1n) is 12.5. The van der Waals surface area contributed by atoms with Crippen molar-refractivity contribution in [3.63, 3.8) is 0 Å². The number of rotatable bonds is 2. The van der Waals surface area contributed by atoms with Crippen LogP contribution in [0.25, 0.3) is 49.4 Å². The molecule has 8 rings (SSSR count). The fraction of sp³-hybridized carbons (Fsp3) is 0. The summed E-state index contributed by atoms with van der Waals surface area (Å²) in [4.78, 5) is 3.88. The Hall–Kier alpha value is -4.40. The number of aromatic amines is 1. The molecule has 2 heteroatoms. The van der Waals surface area contributed by atoms with Crippen LogP contribution in [0.1, 0.15) is 5.56 Å². The topological polar surface area (TPSA) is 15.8 Å². The molecule has 1 aromatic heterocycles. The summed E-state index contributed by atoms with van der Waals surface area (Å²) in [5.41, 5.74) is 6.35. The molecule has 0 amide bonds. The van der Waals surface area contributed by atoms with Gasteiger partial charge in [-0.3, -0.25) is 0 Å². The minimum atomic E-state index is -2.41. The summed E-state index contributed by atoms with van der Waals surface area (Å²) in [5.74, 6) is 0. The lowest BCUT2D eigenvalue weighted by molar-refractivity contribution is 1.56. The molecule has 0 unspecified atom stereocenters. The summed E-state index contributed by atoms with van der Waals surface area (Å²) in [6.45, 7) is 0. The molecule has 0 fully saturated rings. The second-order valence-electron chi connectivity index (χ2n) is 9.79. The van der Waals surface area contributed by atoms with Crippen LogP contribution in [-0.4, -0.2) is 13.1 Å². The molecule has 0 radical (unpaired) electrons. The van der Waals surface area contributed by atoms with Crippen LogP contribution in [0.5, 0.6) is 0 Å². The zero-order valence-electron chi connectivity index (χ0n) is 19.7. The number of hydrogen-bond donors (Lipinski definition) is 1. The Morgan fingerprint density at radius 3 is 1.69 bits per heavy atom. The first-order chi connectivity index (χ1) is 17.9. The molecule has 0 bridgehead atoms. The van der Waals surface area contributed by atoms with E-state index in [1.807, 2.05) is 0 Å². The van der Waals surface area contributed by atoms with Crippen LogP contribution < -0.4 is 15.6 Å². The lowest BCUT2D eigenvalue weighted by Crippen LogP contribution is -2.65. The van der Waals surface area contributed by atoms with Crippen molar-refractivity contribution in [3.8, 4) is 0 Å². The highest BCUT2D eigenvalue weighted by molar-refractivity contribution is 7.17. The van der Waals surface area contributed by atoms with Crippen molar-refractivity contribution in [2.45, 2.75) is 0 Å². The molecular formula is C34H23NSi. The van der Waals surface area contributed by atoms with E-state index in [0.29, 0.717) is 0 Å². The summed E-state index contributed by atoms with van der Waals surface area (Å²) in [5, 5.41) is 12.3. The third-order valence-corrected chi connectivity index (χ3v) is 12.5. The predicted molar refractivity (Wildman–Crippen MR) is 157 cm³/mol. The molecule has 36 heavy (non-hydrogen) atoms. The molecule has 1 N–H and O–H groups in total. The van der Waals surface area contributed by atoms with Gasteiger partial charge < -0.3 is 4.98 Å². The summed E-state index contributed by atoms with van der Waals surface area (Å²) in [7, 11) is -2.41. The van der Waals surface area contributed by atoms with Gasteiger partial charge in [-0.25, -0.2) is 0 Å². The maximum Gasteiger partial charge on any atom is 0.173 e. The van der Waals surface area contributed by atoms with E-state index in [1.54, 1.807) is 0 Å². The van der Waals surface area contributed by atoms with E-state index in [-0.39, 0.29) is 0 Å². The van der Waals surface area contributed by atoms with E-state index < -0.39 is 8.07 Å². The molecular weight excluding hydrogens is 450 g/mol. The van der Waals surface area contributed by atoms with Gasteiger partial charge in [-0.1, -0.05) is 127 Å². The van der Waals surface area contributed by atoms with E-state index in [4.69, 9.17) is 0 Å². The zero-order chi connectivity index (χ0) is 23.7. The van der Waals surface area contributed by atoms with Crippen molar-refractivity contribution < 1.29 is 0 Å². The largest absolute Gasteiger partial charge is 0.354 e. The van der Waals surface area contributed by atoms with Gasteiger partial charge in [0.25, 0.3) is 0 Å². The van der Waals surface area contributed by atoms with E-state index >= 15 is 0 Å². The van der Waals surface area contributed by atoms with Crippen molar-refractivity contribution in [1.29, 1.82) is 0 Å². The molecule has 2 heterocycles. The first-order valence-corrected chi connectivity index (χ1v) is 14.6. The smallest absolute Gasteiger partial charge is 0.173 e. The average molecular weight is 474 g/mol. The molecule has 6 aromatic carbocycles. The summed E-state index contributed by atoms with van der Waals surface area (Å²) >= 11 is 0. The minimum absolute atomic E-state index is 1.22. The number of fused-ring (bicyclic) bond motifs is 10. The molecule has 0 spiro atoms. The number of hydrogen-bond acceptors (Lipinski definition) is 0. The van der Waals surface area contributed by atoms with Gasteiger partial charge in [-0.2, -0.15) is 0 Å². The van der Waals surface area contributed by atoms with Crippen LogP contribution in [-0.2, 0) is 0 Å². The maximum absolute atomic E-state index is 3.88. The van der Waals surface area contributed by atoms with Crippen molar-refractivity contribution in [2.75, 3.05) is 0 Å². The van der Waals surface area contributed by atoms with Gasteiger partial charge >= 0.3 is 0 Å². The number of benzene rings is 6. The second kappa shape index (κ2) is 7.30. The molecule has 1 nitrogen and oxygen atoms in total. The fourth-order valence-corrected chi connectivity index (χ4v) is 11.2. The van der Waals surface area contributed by atoms with Crippen molar-refractivity contribution in [1.82, 2.24) is 4.98 Å². The van der Waals surface area contributed by atoms with Crippen LogP contribution in [0.15, 0.2) is 127 Å². The SMILES string of the molecule is C1=C[Si](c2ccccc2)(c2ccccc2)c2c1ccc1[nH]c3c4ccccc4c4ccccc4c3c21. The molecule has 0 saturated carbocycles. The molecule has 1 aliphatic rings. The summed E-state index contributed by atoms with van der Waals surface area (Å²) in [6, 6.07) is 44.7. The van der Waals surface area contributed by atoms with Crippen LogP contribution in [0.2, 0.25) is 0 Å². The Balaban J connectivity index is 1.63. The lowest BCUT2D eigenvalue weighted by Gasteiger charge is -2.29. The minimum Gasteiger partial charge on any atom is -0.354 e. The van der Waals surface area contributed by atoms with Crippen LogP contribution >= 0.6 is 0 Å². The van der Waals surface area contributed by atoms with Crippen LogP contribution in [0, 0.1) is 0 Å². The monoisotopic (exact) mass is 473 g/mol. The van der Waals surface area contributed by atoms with Gasteiger partial charge in [-0.05, 0) is 43.3 Å². The van der Waals surface area contributed by atoms with E-state index in [1.165, 1.54) is 64.5 Å². The highest BCUT2D eigenvalue weighted by Gasteiger charge is 2.43. The van der Waals surface area contributed by atoms with Gasteiger partial charge in [0.15, 0.2) is 8.07 Å². The van der Waals surface area contributed by atoms with E-state index in [0.717, 1.165) is 0 Å². The Bertz CT molecular complexity index is 1940. The third kappa shape index (κ3) is 2.49. The standard InChI is InChI=1S/C34H23NSi/c1-3-11-24(12-4-1)36(25-13-5-2-6-14-25)22-21-23-19-20-30-32(34(23)36)31-28-17-9-7-15-26(28)27-16-8-10-18-29(27)33(31)35-30/h1-22,35H. The quantitative estimate of drug-likeness (QED) is 0.213.